The molecule has 2 aliphatic heterocycles. The Labute approximate surface area is 319 Å². The number of aromatic amines is 2. The van der Waals surface area contributed by atoms with Crippen LogP contribution in [-0.2, 0) is 6.42 Å². The van der Waals surface area contributed by atoms with Crippen LogP contribution in [0, 0.1) is 0 Å². The summed E-state index contributed by atoms with van der Waals surface area (Å²) in [4.78, 5) is 18.5. The molecule has 260 valence electrons. The highest BCUT2D eigenvalue weighted by Crippen LogP contribution is 2.38. The Kier molecular flexibility index (Phi) is 8.19. The summed E-state index contributed by atoms with van der Waals surface area (Å²) in [5, 5.41) is 0. The molecular formula is C51H36N4. The van der Waals surface area contributed by atoms with Crippen LogP contribution in [0.3, 0.4) is 0 Å². The van der Waals surface area contributed by atoms with E-state index in [-0.39, 0.29) is 0 Å². The third-order valence-electron chi connectivity index (χ3n) is 10.4. The van der Waals surface area contributed by atoms with Crippen LogP contribution in [-0.4, -0.2) is 19.9 Å². The fraction of sp³-hybridized carbons (Fsp3) is 0.0196. The summed E-state index contributed by atoms with van der Waals surface area (Å²) in [5.74, 6) is 0. The van der Waals surface area contributed by atoms with Crippen molar-refractivity contribution in [3.63, 3.8) is 0 Å². The Morgan fingerprint density at radius 3 is 0.927 bits per heavy atom. The summed E-state index contributed by atoms with van der Waals surface area (Å²) in [7, 11) is 0. The van der Waals surface area contributed by atoms with E-state index in [0.29, 0.717) is 0 Å². The zero-order chi connectivity index (χ0) is 36.6. The molecule has 8 bridgehead atoms. The molecule has 0 unspecified atom stereocenters. The molecule has 0 saturated heterocycles. The first-order chi connectivity index (χ1) is 27.2. The van der Waals surface area contributed by atoms with E-state index in [1.807, 2.05) is 0 Å². The Morgan fingerprint density at radius 2 is 0.582 bits per heavy atom. The minimum absolute atomic E-state index is 0.878. The van der Waals surface area contributed by atoms with Crippen molar-refractivity contribution in [2.24, 2.45) is 0 Å². The average molecular weight is 705 g/mol. The molecule has 4 heteroatoms. The first kappa shape index (κ1) is 32.4. The van der Waals surface area contributed by atoms with Gasteiger partial charge in [0.05, 0.1) is 22.8 Å². The van der Waals surface area contributed by atoms with E-state index in [2.05, 4.69) is 204 Å². The van der Waals surface area contributed by atoms with Crippen LogP contribution >= 0.6 is 0 Å². The van der Waals surface area contributed by atoms with Gasteiger partial charge < -0.3 is 9.97 Å². The van der Waals surface area contributed by atoms with Gasteiger partial charge in [0.25, 0.3) is 0 Å². The van der Waals surface area contributed by atoms with Gasteiger partial charge in [-0.15, -0.1) is 0 Å². The number of rotatable bonds is 6. The number of benzene rings is 5. The SMILES string of the molecule is C1=Cc2nc1c(-c1ccccc1)c1ccc([nH]1)c(-c1ccccc1)c1nc(c(-c3ccc(Cc4ccccc4)cc3)c3ccc([nH]3)c2-c2ccccc2)C=C1. The summed E-state index contributed by atoms with van der Waals surface area (Å²) in [6, 6.07) is 59.9. The highest BCUT2D eigenvalue weighted by Gasteiger charge is 2.19. The summed E-state index contributed by atoms with van der Waals surface area (Å²) < 4.78 is 0. The van der Waals surface area contributed by atoms with Crippen molar-refractivity contribution in [2.45, 2.75) is 6.42 Å². The maximum atomic E-state index is 5.44. The zero-order valence-electron chi connectivity index (χ0n) is 30.1. The van der Waals surface area contributed by atoms with Crippen LogP contribution in [0.15, 0.2) is 170 Å². The number of hydrogen-bond donors (Lipinski definition) is 2. The van der Waals surface area contributed by atoms with Crippen molar-refractivity contribution in [1.29, 1.82) is 0 Å². The van der Waals surface area contributed by atoms with Crippen molar-refractivity contribution in [2.75, 3.05) is 0 Å². The maximum Gasteiger partial charge on any atom is 0.0737 e. The van der Waals surface area contributed by atoms with E-state index >= 15 is 0 Å². The normalized spacial score (nSPS) is 11.9. The molecule has 8 aromatic rings. The fourth-order valence-electron chi connectivity index (χ4n) is 7.86. The van der Waals surface area contributed by atoms with Crippen molar-refractivity contribution in [3.05, 3.63) is 204 Å². The molecule has 0 saturated carbocycles. The van der Waals surface area contributed by atoms with E-state index in [1.54, 1.807) is 0 Å². The molecule has 0 radical (unpaired) electrons. The molecule has 0 aliphatic carbocycles. The molecule has 5 aromatic carbocycles. The molecule has 4 nitrogen and oxygen atoms in total. The number of H-pyrrole nitrogens is 2. The van der Waals surface area contributed by atoms with Crippen LogP contribution in [0.5, 0.6) is 0 Å². The molecule has 3 aromatic heterocycles. The topological polar surface area (TPSA) is 57.4 Å². The van der Waals surface area contributed by atoms with Gasteiger partial charge in [-0.05, 0) is 88.4 Å². The first-order valence-corrected chi connectivity index (χ1v) is 18.7. The van der Waals surface area contributed by atoms with Gasteiger partial charge >= 0.3 is 0 Å². The van der Waals surface area contributed by atoms with Crippen LogP contribution < -0.4 is 0 Å². The van der Waals surface area contributed by atoms with Crippen LogP contribution in [0.4, 0.5) is 0 Å². The van der Waals surface area contributed by atoms with E-state index in [1.165, 1.54) is 11.1 Å². The number of nitrogens with one attached hydrogen (secondary N) is 2. The third kappa shape index (κ3) is 6.20. The summed E-state index contributed by atoms with van der Waals surface area (Å²) >= 11 is 0. The lowest BCUT2D eigenvalue weighted by Gasteiger charge is -2.08. The van der Waals surface area contributed by atoms with Crippen molar-refractivity contribution >= 4 is 46.4 Å². The molecule has 0 fully saturated rings. The second-order valence-corrected chi connectivity index (χ2v) is 14.0. The number of aromatic nitrogens is 4. The lowest BCUT2D eigenvalue weighted by Crippen LogP contribution is -1.91. The molecule has 0 amide bonds. The Morgan fingerprint density at radius 1 is 0.291 bits per heavy atom. The van der Waals surface area contributed by atoms with E-state index in [4.69, 9.17) is 9.97 Å². The molecule has 2 N–H and O–H groups in total. The maximum absolute atomic E-state index is 5.44. The summed E-state index contributed by atoms with van der Waals surface area (Å²) in [5.41, 5.74) is 18.6. The summed E-state index contributed by atoms with van der Waals surface area (Å²) in [6.07, 6.45) is 9.47. The lowest BCUT2D eigenvalue weighted by molar-refractivity contribution is 1.19. The van der Waals surface area contributed by atoms with E-state index in [9.17, 15) is 0 Å². The van der Waals surface area contributed by atoms with Gasteiger partial charge in [0.2, 0.25) is 0 Å². The first-order valence-electron chi connectivity index (χ1n) is 18.7. The molecular weight excluding hydrogens is 669 g/mol. The second kappa shape index (κ2) is 13.9. The van der Waals surface area contributed by atoms with Gasteiger partial charge in [-0.1, -0.05) is 146 Å². The van der Waals surface area contributed by atoms with E-state index in [0.717, 1.165) is 95.8 Å². The van der Waals surface area contributed by atoms with Gasteiger partial charge in [-0.25, -0.2) is 9.97 Å². The average Bonchev–Trinajstić information content (AvgIpc) is 4.08. The van der Waals surface area contributed by atoms with Crippen molar-refractivity contribution < 1.29 is 0 Å². The van der Waals surface area contributed by atoms with Crippen LogP contribution in [0.25, 0.3) is 90.9 Å². The number of hydrogen-bond acceptors (Lipinski definition) is 2. The number of fused-ring (bicyclic) bond motifs is 8. The van der Waals surface area contributed by atoms with Crippen LogP contribution in [0.1, 0.15) is 33.9 Å². The Hall–Kier alpha value is -7.30. The minimum atomic E-state index is 0.878. The Balaban J connectivity index is 1.30. The molecule has 0 spiro atoms. The lowest BCUT2D eigenvalue weighted by atomic mass is 9.99. The van der Waals surface area contributed by atoms with Crippen LogP contribution in [0.2, 0.25) is 0 Å². The standard InChI is InChI=1S/C51H36N4/c1-5-13-34(14-6-1)33-35-21-23-39(24-22-35)51-46-31-29-44(54-46)49(37-17-9-3-10-18-37)42-27-25-40(52-42)48(36-15-7-2-8-16-36)41-26-28-43(53-41)50(38-19-11-4-12-20-38)45-30-32-47(51)55-45/h1-32,52,55H,33H2. The quantitative estimate of drug-likeness (QED) is 0.181. The molecule has 10 rings (SSSR count). The predicted octanol–water partition coefficient (Wildman–Crippen LogP) is 12.9. The highest BCUT2D eigenvalue weighted by molar-refractivity contribution is 5.99. The van der Waals surface area contributed by atoms with Gasteiger partial charge in [0.15, 0.2) is 0 Å². The van der Waals surface area contributed by atoms with E-state index < -0.39 is 0 Å². The largest absolute Gasteiger partial charge is 0.354 e. The van der Waals surface area contributed by atoms with Crippen molar-refractivity contribution in [3.8, 4) is 44.5 Å². The monoisotopic (exact) mass is 704 g/mol. The molecule has 55 heavy (non-hydrogen) atoms. The van der Waals surface area contributed by atoms with Crippen molar-refractivity contribution in [1.82, 2.24) is 19.9 Å². The zero-order valence-corrected chi connectivity index (χ0v) is 30.1. The summed E-state index contributed by atoms with van der Waals surface area (Å²) in [6.45, 7) is 0. The molecule has 5 heterocycles. The van der Waals surface area contributed by atoms with Gasteiger partial charge in [0.1, 0.15) is 0 Å². The third-order valence-corrected chi connectivity index (χ3v) is 10.4. The van der Waals surface area contributed by atoms with Gasteiger partial charge in [-0.2, -0.15) is 0 Å². The Bertz CT molecular complexity index is 2860. The highest BCUT2D eigenvalue weighted by atomic mass is 14.8. The minimum Gasteiger partial charge on any atom is -0.354 e. The molecule has 2 aliphatic rings. The van der Waals surface area contributed by atoms with Gasteiger partial charge in [0, 0.05) is 44.3 Å². The second-order valence-electron chi connectivity index (χ2n) is 14.0. The number of nitrogens with zero attached hydrogens (tertiary/aromatic N) is 2. The fourth-order valence-corrected chi connectivity index (χ4v) is 7.86. The molecule has 0 atom stereocenters. The smallest absolute Gasteiger partial charge is 0.0737 e. The van der Waals surface area contributed by atoms with Gasteiger partial charge in [-0.3, -0.25) is 0 Å². The predicted molar refractivity (Wildman–Crippen MR) is 230 cm³/mol.